The fourth-order valence-corrected chi connectivity index (χ4v) is 10.2. The second-order valence-corrected chi connectivity index (χ2v) is 14.9. The van der Waals surface area contributed by atoms with Crippen molar-refractivity contribution >= 4 is 6.09 Å². The van der Waals surface area contributed by atoms with Gasteiger partial charge in [-0.25, -0.2) is 4.79 Å². The highest BCUT2D eigenvalue weighted by Gasteiger charge is 2.60. The molecule has 4 saturated carbocycles. The summed E-state index contributed by atoms with van der Waals surface area (Å²) in [5.41, 5.74) is 0.986. The van der Waals surface area contributed by atoms with Gasteiger partial charge in [0, 0.05) is 19.6 Å². The Bertz CT molecular complexity index is 773. The van der Waals surface area contributed by atoms with Crippen LogP contribution >= 0.6 is 0 Å². The van der Waals surface area contributed by atoms with E-state index in [1.54, 1.807) is 0 Å². The number of alkyl carbamates (subject to hydrolysis) is 1. The lowest BCUT2D eigenvalue weighted by molar-refractivity contribution is -0.129. The van der Waals surface area contributed by atoms with Crippen LogP contribution in [0.15, 0.2) is 0 Å². The van der Waals surface area contributed by atoms with Gasteiger partial charge in [-0.1, -0.05) is 53.9 Å². The molecule has 0 saturated heterocycles. The van der Waals surface area contributed by atoms with Crippen molar-refractivity contribution in [1.29, 1.82) is 0 Å². The summed E-state index contributed by atoms with van der Waals surface area (Å²) >= 11 is 0. The number of amides is 1. The molecule has 4 aliphatic rings. The number of hydrogen-bond donors (Lipinski definition) is 2. The Hall–Kier alpha value is -0.810. The molecule has 4 fully saturated rings. The van der Waals surface area contributed by atoms with E-state index in [1.807, 2.05) is 11.9 Å². The van der Waals surface area contributed by atoms with E-state index in [0.717, 1.165) is 54.9 Å². The third-order valence-electron chi connectivity index (χ3n) is 12.3. The molecule has 0 aliphatic heterocycles. The van der Waals surface area contributed by atoms with Crippen molar-refractivity contribution in [3.8, 4) is 0 Å². The van der Waals surface area contributed by atoms with E-state index in [2.05, 4.69) is 39.9 Å². The molecule has 0 aromatic heterocycles. The lowest BCUT2D eigenvalue weighted by atomic mass is 9.44. The van der Waals surface area contributed by atoms with Crippen LogP contribution in [0.3, 0.4) is 0 Å². The van der Waals surface area contributed by atoms with Crippen molar-refractivity contribution in [2.45, 2.75) is 118 Å². The molecule has 220 valence electrons. The van der Waals surface area contributed by atoms with Crippen LogP contribution in [0.1, 0.15) is 112 Å². The molecule has 4 rings (SSSR count). The molecule has 5 heteroatoms. The van der Waals surface area contributed by atoms with Gasteiger partial charge in [0.05, 0.1) is 6.61 Å². The smallest absolute Gasteiger partial charge is 0.407 e. The van der Waals surface area contributed by atoms with E-state index in [-0.39, 0.29) is 18.8 Å². The molecule has 2 N–H and O–H groups in total. The summed E-state index contributed by atoms with van der Waals surface area (Å²) in [6.45, 7) is 14.7. The minimum Gasteiger partial charge on any atom is -0.446 e. The lowest BCUT2D eigenvalue weighted by Crippen LogP contribution is -2.54. The first-order chi connectivity index (χ1) is 18.1. The van der Waals surface area contributed by atoms with Gasteiger partial charge in [-0.2, -0.15) is 0 Å². The molecule has 0 spiro atoms. The van der Waals surface area contributed by atoms with Gasteiger partial charge in [0.2, 0.25) is 0 Å². The van der Waals surface area contributed by atoms with E-state index in [9.17, 15) is 4.79 Å². The SMILES string of the molecule is CC(C)CCC[C@@H](C)[C@H]1CC[C@H]2[C@@H]3CCC4C[C@@H](OC(=O)NCCN(C)CCO)CC[C@]4(C)[C@H]3CC[C@]12C. The first-order valence-corrected chi connectivity index (χ1v) is 16.3. The summed E-state index contributed by atoms with van der Waals surface area (Å²) in [4.78, 5) is 14.5. The van der Waals surface area contributed by atoms with Gasteiger partial charge in [0.1, 0.15) is 6.10 Å². The third-order valence-corrected chi connectivity index (χ3v) is 12.3. The van der Waals surface area contributed by atoms with Gasteiger partial charge in [-0.05, 0) is 117 Å². The molecular weight excluding hydrogens is 472 g/mol. The number of carbonyl (C=O) groups excluding carboxylic acids is 1. The van der Waals surface area contributed by atoms with Crippen molar-refractivity contribution in [2.24, 2.45) is 52.3 Å². The van der Waals surface area contributed by atoms with Crippen molar-refractivity contribution in [3.05, 3.63) is 0 Å². The number of aliphatic hydroxyl groups is 1. The number of rotatable bonds is 11. The third kappa shape index (κ3) is 6.40. The van der Waals surface area contributed by atoms with Crippen molar-refractivity contribution < 1.29 is 14.6 Å². The molecule has 0 heterocycles. The van der Waals surface area contributed by atoms with Gasteiger partial charge < -0.3 is 20.1 Å². The average molecular weight is 533 g/mol. The summed E-state index contributed by atoms with van der Waals surface area (Å²) < 4.78 is 5.92. The fraction of sp³-hybridized carbons (Fsp3) is 0.970. The normalized spacial score (nSPS) is 39.4. The van der Waals surface area contributed by atoms with Crippen LogP contribution in [0.25, 0.3) is 0 Å². The highest BCUT2D eigenvalue weighted by atomic mass is 16.6. The summed E-state index contributed by atoms with van der Waals surface area (Å²) in [7, 11) is 1.95. The summed E-state index contributed by atoms with van der Waals surface area (Å²) in [5, 5.41) is 12.0. The summed E-state index contributed by atoms with van der Waals surface area (Å²) in [6, 6.07) is 0. The summed E-state index contributed by atoms with van der Waals surface area (Å²) in [5.74, 6) is 6.05. The molecule has 9 atom stereocenters. The minimum atomic E-state index is -0.266. The maximum atomic E-state index is 12.5. The fourth-order valence-electron chi connectivity index (χ4n) is 10.2. The van der Waals surface area contributed by atoms with Gasteiger partial charge in [0.25, 0.3) is 0 Å². The first-order valence-electron chi connectivity index (χ1n) is 16.3. The number of likely N-dealkylation sites (N-methyl/N-ethyl adjacent to an activating group) is 1. The topological polar surface area (TPSA) is 61.8 Å². The maximum absolute atomic E-state index is 12.5. The van der Waals surface area contributed by atoms with Crippen LogP contribution in [0.4, 0.5) is 4.79 Å². The number of aliphatic hydroxyl groups excluding tert-OH is 1. The zero-order valence-corrected chi connectivity index (χ0v) is 25.6. The second kappa shape index (κ2) is 12.8. The number of fused-ring (bicyclic) bond motifs is 5. The number of ether oxygens (including phenoxy) is 1. The van der Waals surface area contributed by atoms with Crippen LogP contribution in [0.5, 0.6) is 0 Å². The number of carbonyl (C=O) groups is 1. The second-order valence-electron chi connectivity index (χ2n) is 14.9. The largest absolute Gasteiger partial charge is 0.446 e. The van der Waals surface area contributed by atoms with E-state index in [0.29, 0.717) is 29.8 Å². The zero-order chi connectivity index (χ0) is 27.5. The van der Waals surface area contributed by atoms with Crippen LogP contribution in [-0.4, -0.2) is 55.5 Å². The predicted molar refractivity (Wildman–Crippen MR) is 156 cm³/mol. The van der Waals surface area contributed by atoms with Gasteiger partial charge in [-0.3, -0.25) is 0 Å². The van der Waals surface area contributed by atoms with Crippen LogP contribution in [0.2, 0.25) is 0 Å². The Kier molecular flexibility index (Phi) is 10.2. The molecule has 0 aromatic carbocycles. The van der Waals surface area contributed by atoms with E-state index < -0.39 is 0 Å². The van der Waals surface area contributed by atoms with Crippen LogP contribution in [0, 0.1) is 52.3 Å². The summed E-state index contributed by atoms with van der Waals surface area (Å²) in [6.07, 6.45) is 15.8. The Morgan fingerprint density at radius 2 is 1.71 bits per heavy atom. The van der Waals surface area contributed by atoms with Gasteiger partial charge >= 0.3 is 6.09 Å². The quantitative estimate of drug-likeness (QED) is 0.297. The molecule has 4 aliphatic carbocycles. The molecule has 0 bridgehead atoms. The van der Waals surface area contributed by atoms with E-state index in [1.165, 1.54) is 64.2 Å². The highest BCUT2D eigenvalue weighted by molar-refractivity contribution is 5.67. The molecule has 0 aromatic rings. The van der Waals surface area contributed by atoms with Crippen LogP contribution in [-0.2, 0) is 4.74 Å². The van der Waals surface area contributed by atoms with E-state index in [4.69, 9.17) is 9.84 Å². The molecule has 1 unspecified atom stereocenters. The van der Waals surface area contributed by atoms with Gasteiger partial charge in [0.15, 0.2) is 0 Å². The molecular formula is C33H60N2O3. The minimum absolute atomic E-state index is 0.0659. The lowest BCUT2D eigenvalue weighted by Gasteiger charge is -2.61. The zero-order valence-electron chi connectivity index (χ0n) is 25.6. The Morgan fingerprint density at radius 3 is 2.45 bits per heavy atom. The average Bonchev–Trinajstić information content (AvgIpc) is 3.21. The predicted octanol–water partition coefficient (Wildman–Crippen LogP) is 7.13. The van der Waals surface area contributed by atoms with Gasteiger partial charge in [-0.15, -0.1) is 0 Å². The number of nitrogens with one attached hydrogen (secondary N) is 1. The van der Waals surface area contributed by atoms with Crippen molar-refractivity contribution in [1.82, 2.24) is 10.2 Å². The van der Waals surface area contributed by atoms with Crippen molar-refractivity contribution in [2.75, 3.05) is 33.3 Å². The Balaban J connectivity index is 1.30. The highest BCUT2D eigenvalue weighted by Crippen LogP contribution is 2.68. The maximum Gasteiger partial charge on any atom is 0.407 e. The standard InChI is InChI=1S/C33H60N2O3/c1-23(2)8-7-9-24(3)28-12-13-29-27-11-10-25-22-26(38-31(37)34-18-19-35(6)20-21-36)14-16-32(25,4)30(27)15-17-33(28,29)5/h23-30,36H,7-22H2,1-6H3,(H,34,37)/t24-,25?,26+,27+,28-,29+,30+,32+,33-/m1/s1. The first kappa shape index (κ1) is 30.2. The van der Waals surface area contributed by atoms with E-state index >= 15 is 0 Å². The molecule has 0 radical (unpaired) electrons. The van der Waals surface area contributed by atoms with Crippen LogP contribution < -0.4 is 5.32 Å². The van der Waals surface area contributed by atoms with Crippen molar-refractivity contribution in [3.63, 3.8) is 0 Å². The Morgan fingerprint density at radius 1 is 0.974 bits per heavy atom. The molecule has 1 amide bonds. The monoisotopic (exact) mass is 532 g/mol. The number of hydrogen-bond acceptors (Lipinski definition) is 4. The Labute approximate surface area is 234 Å². The molecule has 38 heavy (non-hydrogen) atoms. The number of nitrogens with zero attached hydrogens (tertiary/aromatic N) is 1. The molecule has 5 nitrogen and oxygen atoms in total.